The lowest BCUT2D eigenvalue weighted by molar-refractivity contribution is -0.137. The van der Waals surface area contributed by atoms with E-state index in [0.717, 1.165) is 18.1 Å². The minimum Gasteiger partial charge on any atom is -0.481 e. The highest BCUT2D eigenvalue weighted by Gasteiger charge is 2.46. The van der Waals surface area contributed by atoms with Gasteiger partial charge in [-0.1, -0.05) is 23.7 Å². The lowest BCUT2D eigenvalue weighted by Gasteiger charge is -2.54. The topological polar surface area (TPSA) is 40.5 Å². The quantitative estimate of drug-likeness (QED) is 0.921. The molecule has 3 nitrogen and oxygen atoms in total. The van der Waals surface area contributed by atoms with E-state index >= 15 is 0 Å². The fourth-order valence-corrected chi connectivity index (χ4v) is 3.78. The van der Waals surface area contributed by atoms with Gasteiger partial charge >= 0.3 is 5.97 Å². The number of benzene rings is 1. The molecule has 2 bridgehead atoms. The number of piperidine rings is 2. The first kappa shape index (κ1) is 12.9. The Morgan fingerprint density at radius 3 is 2.47 bits per heavy atom. The number of rotatable bonds is 4. The van der Waals surface area contributed by atoms with E-state index in [4.69, 9.17) is 16.7 Å². The van der Waals surface area contributed by atoms with Crippen LogP contribution in [0, 0.1) is 11.8 Å². The molecule has 2 heterocycles. The molecule has 2 unspecified atom stereocenters. The third-order valence-electron chi connectivity index (χ3n) is 4.50. The van der Waals surface area contributed by atoms with Crippen molar-refractivity contribution in [2.45, 2.75) is 18.8 Å². The molecule has 3 fully saturated rings. The number of hydrogen-bond donors (Lipinski definition) is 1. The standard InChI is InChI=1S/C15H18ClNO2/c16-13-3-1-10(2-4-13)15-11-7-12(15)9-17(8-11)6-5-14(18)19/h1-4,11-12,15H,5-9H2,(H,18,19). The monoisotopic (exact) mass is 279 g/mol. The Bertz CT molecular complexity index is 462. The van der Waals surface area contributed by atoms with Gasteiger partial charge in [-0.05, 0) is 41.9 Å². The molecule has 2 aliphatic heterocycles. The Morgan fingerprint density at radius 1 is 1.26 bits per heavy atom. The molecule has 0 spiro atoms. The fourth-order valence-electron chi connectivity index (χ4n) is 3.65. The van der Waals surface area contributed by atoms with Gasteiger partial charge in [0.2, 0.25) is 0 Å². The van der Waals surface area contributed by atoms with Gasteiger partial charge in [-0.3, -0.25) is 4.79 Å². The molecule has 0 radical (unpaired) electrons. The molecule has 1 saturated carbocycles. The van der Waals surface area contributed by atoms with Gasteiger partial charge in [0.15, 0.2) is 0 Å². The van der Waals surface area contributed by atoms with E-state index in [2.05, 4.69) is 17.0 Å². The number of hydrogen-bond acceptors (Lipinski definition) is 2. The molecule has 0 aromatic heterocycles. The SMILES string of the molecule is O=C(O)CCN1CC2CC(C1)C2c1ccc(Cl)cc1. The van der Waals surface area contributed by atoms with Gasteiger partial charge in [0, 0.05) is 24.7 Å². The number of halogens is 1. The predicted octanol–water partition coefficient (Wildman–Crippen LogP) is 2.85. The molecule has 4 heteroatoms. The minimum absolute atomic E-state index is 0.255. The molecule has 1 N–H and O–H groups in total. The number of carboxylic acids is 1. The second-order valence-corrected chi connectivity index (χ2v) is 6.17. The Hall–Kier alpha value is -1.06. The zero-order chi connectivity index (χ0) is 13.4. The summed E-state index contributed by atoms with van der Waals surface area (Å²) in [4.78, 5) is 12.9. The molecular formula is C15H18ClNO2. The van der Waals surface area contributed by atoms with Crippen LogP contribution in [0.4, 0.5) is 0 Å². The Kier molecular flexibility index (Phi) is 3.50. The van der Waals surface area contributed by atoms with Crippen LogP contribution in [0.5, 0.6) is 0 Å². The van der Waals surface area contributed by atoms with Crippen molar-refractivity contribution in [3.8, 4) is 0 Å². The maximum atomic E-state index is 10.6. The van der Waals surface area contributed by atoms with Crippen LogP contribution in [0.15, 0.2) is 24.3 Å². The first-order valence-electron chi connectivity index (χ1n) is 6.83. The van der Waals surface area contributed by atoms with E-state index in [0.29, 0.717) is 24.3 Å². The molecule has 2 saturated heterocycles. The molecule has 3 aliphatic rings. The third kappa shape index (κ3) is 2.63. The van der Waals surface area contributed by atoms with Gasteiger partial charge in [-0.15, -0.1) is 0 Å². The van der Waals surface area contributed by atoms with Crippen molar-refractivity contribution in [1.82, 2.24) is 4.90 Å². The summed E-state index contributed by atoms with van der Waals surface area (Å²) >= 11 is 5.93. The van der Waals surface area contributed by atoms with Crippen molar-refractivity contribution in [3.05, 3.63) is 34.9 Å². The van der Waals surface area contributed by atoms with Gasteiger partial charge in [-0.2, -0.15) is 0 Å². The van der Waals surface area contributed by atoms with Gasteiger partial charge in [0.25, 0.3) is 0 Å². The second kappa shape index (κ2) is 5.14. The summed E-state index contributed by atoms with van der Waals surface area (Å²) in [6.45, 7) is 2.77. The number of fused-ring (bicyclic) bond motifs is 2. The molecule has 2 atom stereocenters. The van der Waals surface area contributed by atoms with E-state index in [1.165, 1.54) is 12.0 Å². The lowest BCUT2D eigenvalue weighted by atomic mass is 9.59. The predicted molar refractivity (Wildman–Crippen MR) is 74.5 cm³/mol. The summed E-state index contributed by atoms with van der Waals surface area (Å²) in [7, 11) is 0. The molecule has 1 aromatic rings. The van der Waals surface area contributed by atoms with E-state index in [1.807, 2.05) is 12.1 Å². The van der Waals surface area contributed by atoms with Crippen molar-refractivity contribution in [1.29, 1.82) is 0 Å². The van der Waals surface area contributed by atoms with Crippen molar-refractivity contribution in [2.75, 3.05) is 19.6 Å². The maximum absolute atomic E-state index is 10.6. The summed E-state index contributed by atoms with van der Waals surface area (Å²) in [5.74, 6) is 1.33. The Balaban J connectivity index is 1.61. The molecule has 19 heavy (non-hydrogen) atoms. The first-order chi connectivity index (χ1) is 9.13. The van der Waals surface area contributed by atoms with Gasteiger partial charge in [0.05, 0.1) is 6.42 Å². The summed E-state index contributed by atoms with van der Waals surface area (Å²) in [6.07, 6.45) is 1.54. The molecule has 4 rings (SSSR count). The van der Waals surface area contributed by atoms with Crippen molar-refractivity contribution >= 4 is 17.6 Å². The molecule has 102 valence electrons. The van der Waals surface area contributed by atoms with Gasteiger partial charge in [-0.25, -0.2) is 0 Å². The van der Waals surface area contributed by atoms with Crippen LogP contribution in [0.25, 0.3) is 0 Å². The molecule has 1 aliphatic carbocycles. The van der Waals surface area contributed by atoms with E-state index in [9.17, 15) is 4.79 Å². The van der Waals surface area contributed by atoms with Crippen LogP contribution in [0.3, 0.4) is 0 Å². The Labute approximate surface area is 118 Å². The van der Waals surface area contributed by atoms with Crippen LogP contribution in [0.1, 0.15) is 24.3 Å². The first-order valence-corrected chi connectivity index (χ1v) is 7.21. The number of carbonyl (C=O) groups is 1. The average molecular weight is 280 g/mol. The van der Waals surface area contributed by atoms with Gasteiger partial charge < -0.3 is 10.0 Å². The zero-order valence-electron chi connectivity index (χ0n) is 10.8. The van der Waals surface area contributed by atoms with Crippen molar-refractivity contribution in [3.63, 3.8) is 0 Å². The maximum Gasteiger partial charge on any atom is 0.304 e. The van der Waals surface area contributed by atoms with E-state index in [-0.39, 0.29) is 6.42 Å². The highest BCUT2D eigenvalue weighted by Crippen LogP contribution is 2.51. The van der Waals surface area contributed by atoms with Crippen molar-refractivity contribution in [2.24, 2.45) is 11.8 Å². The lowest BCUT2D eigenvalue weighted by Crippen LogP contribution is -2.54. The summed E-state index contributed by atoms with van der Waals surface area (Å²) < 4.78 is 0. The second-order valence-electron chi connectivity index (χ2n) is 5.74. The van der Waals surface area contributed by atoms with Crippen LogP contribution in [-0.4, -0.2) is 35.6 Å². The van der Waals surface area contributed by atoms with Crippen molar-refractivity contribution < 1.29 is 9.90 Å². The van der Waals surface area contributed by atoms with Crippen LogP contribution >= 0.6 is 11.6 Å². The smallest absolute Gasteiger partial charge is 0.304 e. The number of nitrogens with zero attached hydrogens (tertiary/aromatic N) is 1. The minimum atomic E-state index is -0.700. The molecule has 0 amide bonds. The largest absolute Gasteiger partial charge is 0.481 e. The summed E-state index contributed by atoms with van der Waals surface area (Å²) in [5, 5.41) is 9.53. The highest BCUT2D eigenvalue weighted by atomic mass is 35.5. The van der Waals surface area contributed by atoms with Crippen LogP contribution in [-0.2, 0) is 4.79 Å². The fraction of sp³-hybridized carbons (Fsp3) is 0.533. The number of carboxylic acid groups (broad SMARTS) is 1. The van der Waals surface area contributed by atoms with Gasteiger partial charge in [0.1, 0.15) is 0 Å². The molecular weight excluding hydrogens is 262 g/mol. The normalized spacial score (nSPS) is 29.8. The summed E-state index contributed by atoms with van der Waals surface area (Å²) in [5.41, 5.74) is 1.39. The highest BCUT2D eigenvalue weighted by molar-refractivity contribution is 6.30. The van der Waals surface area contributed by atoms with E-state index in [1.54, 1.807) is 0 Å². The average Bonchev–Trinajstić information content (AvgIpc) is 2.39. The van der Waals surface area contributed by atoms with E-state index < -0.39 is 5.97 Å². The summed E-state index contributed by atoms with van der Waals surface area (Å²) in [6, 6.07) is 8.21. The van der Waals surface area contributed by atoms with Crippen LogP contribution < -0.4 is 0 Å². The Morgan fingerprint density at radius 2 is 1.89 bits per heavy atom. The zero-order valence-corrected chi connectivity index (χ0v) is 11.5. The third-order valence-corrected chi connectivity index (χ3v) is 4.76. The number of aliphatic carboxylic acids is 1. The molecule has 1 aromatic carbocycles. The van der Waals surface area contributed by atoms with Crippen LogP contribution in [0.2, 0.25) is 5.02 Å².